The molecule has 0 amide bonds. The molecule has 12 heteroatoms. The zero-order valence-electron chi connectivity index (χ0n) is 32.3. The zero-order valence-corrected chi connectivity index (χ0v) is 32.3. The number of fused-ring (bicyclic) bond motifs is 8. The summed E-state index contributed by atoms with van der Waals surface area (Å²) in [6.45, 7) is 5.99. The van der Waals surface area contributed by atoms with E-state index in [1.165, 1.54) is 21.7 Å². The molecular formula is C45H40F3N9. The van der Waals surface area contributed by atoms with Crippen molar-refractivity contribution in [1.29, 1.82) is 0 Å². The number of aromatic nitrogens is 9. The molecule has 3 aromatic carbocycles. The van der Waals surface area contributed by atoms with E-state index < -0.39 is 11.7 Å². The lowest BCUT2D eigenvalue weighted by Gasteiger charge is -2.09. The van der Waals surface area contributed by atoms with Crippen LogP contribution in [-0.4, -0.2) is 42.9 Å². The molecule has 0 N–H and O–H groups in total. The second kappa shape index (κ2) is 13.9. The first kappa shape index (κ1) is 36.1. The molecule has 10 rings (SSSR count). The summed E-state index contributed by atoms with van der Waals surface area (Å²) in [6.07, 6.45) is 4.05. The number of hydrogen-bond donors (Lipinski definition) is 0. The third-order valence-corrected chi connectivity index (χ3v) is 11.0. The molecule has 0 fully saturated rings. The quantitative estimate of drug-likeness (QED) is 0.169. The van der Waals surface area contributed by atoms with Gasteiger partial charge >= 0.3 is 6.18 Å². The van der Waals surface area contributed by atoms with Crippen LogP contribution in [-0.2, 0) is 46.0 Å². The average molecular weight is 764 g/mol. The summed E-state index contributed by atoms with van der Waals surface area (Å²) in [4.78, 5) is 23.3. The van der Waals surface area contributed by atoms with E-state index in [4.69, 9.17) is 15.0 Å². The van der Waals surface area contributed by atoms with E-state index in [-0.39, 0.29) is 5.65 Å². The predicted molar refractivity (Wildman–Crippen MR) is 219 cm³/mol. The summed E-state index contributed by atoms with van der Waals surface area (Å²) >= 11 is 0. The van der Waals surface area contributed by atoms with E-state index in [1.54, 1.807) is 13.1 Å². The molecule has 7 heterocycles. The van der Waals surface area contributed by atoms with Crippen molar-refractivity contribution >= 4 is 55.0 Å². The Balaban J connectivity index is 0.000000149. The van der Waals surface area contributed by atoms with Gasteiger partial charge in [0.15, 0.2) is 0 Å². The third-order valence-electron chi connectivity index (χ3n) is 11.0. The lowest BCUT2D eigenvalue weighted by molar-refractivity contribution is -0.136. The van der Waals surface area contributed by atoms with Crippen molar-refractivity contribution in [3.8, 4) is 0 Å². The summed E-state index contributed by atoms with van der Waals surface area (Å²) in [6, 6.07) is 27.3. The van der Waals surface area contributed by atoms with Crippen LogP contribution >= 0.6 is 0 Å². The monoisotopic (exact) mass is 763 g/mol. The first-order valence-electron chi connectivity index (χ1n) is 19.0. The Kier molecular flexibility index (Phi) is 8.79. The molecule has 57 heavy (non-hydrogen) atoms. The van der Waals surface area contributed by atoms with Crippen molar-refractivity contribution in [3.05, 3.63) is 149 Å². The van der Waals surface area contributed by atoms with Crippen molar-refractivity contribution in [1.82, 2.24) is 42.9 Å². The zero-order chi connectivity index (χ0) is 39.6. The Hall–Kier alpha value is -6.56. The van der Waals surface area contributed by atoms with Gasteiger partial charge in [-0.3, -0.25) is 4.98 Å². The fraction of sp³-hybridized carbons (Fsp3) is 0.222. The molecule has 7 aromatic heterocycles. The maximum absolute atomic E-state index is 13.3. The summed E-state index contributed by atoms with van der Waals surface area (Å²) < 4.78 is 48.0. The number of alkyl halides is 3. The molecule has 286 valence electrons. The fourth-order valence-corrected chi connectivity index (χ4v) is 7.84. The number of rotatable bonds is 6. The standard InChI is InChI=1S/C23H19F3N4.C22H21N5/c1-14-7-10-18(23(24,25)26)22-27-16(13-30(14)22)9-12-20-28-21-17-6-4-3-5-15(17)8-11-19(21)29(20)2;1-14-6-7-15(2)27-13-16(24-22(14)27)8-11-20-25-21-17-5-4-12-23-18(17)9-10-19(21)26(20)3/h3-8,10-11,13H,9,12H2,1-2H3;4-7,9-10,12-13H,8,11H2,1-3H3. The van der Waals surface area contributed by atoms with Gasteiger partial charge in [0, 0.05) is 67.7 Å². The van der Waals surface area contributed by atoms with Crippen LogP contribution in [0, 0.1) is 20.8 Å². The number of benzene rings is 3. The minimum Gasteiger partial charge on any atom is -0.331 e. The van der Waals surface area contributed by atoms with Gasteiger partial charge in [0.25, 0.3) is 0 Å². The van der Waals surface area contributed by atoms with Gasteiger partial charge in [-0.25, -0.2) is 19.9 Å². The van der Waals surface area contributed by atoms with Gasteiger partial charge in [0.2, 0.25) is 0 Å². The van der Waals surface area contributed by atoms with E-state index in [1.807, 2.05) is 36.0 Å². The van der Waals surface area contributed by atoms with Crippen LogP contribution in [0.5, 0.6) is 0 Å². The van der Waals surface area contributed by atoms with Crippen molar-refractivity contribution in [2.45, 2.75) is 52.6 Å². The number of aryl methyl sites for hydroxylation is 9. The Labute approximate surface area is 326 Å². The normalized spacial score (nSPS) is 12.1. The summed E-state index contributed by atoms with van der Waals surface area (Å²) in [5.74, 6) is 1.96. The topological polar surface area (TPSA) is 83.1 Å². The van der Waals surface area contributed by atoms with E-state index in [9.17, 15) is 13.2 Å². The minimum atomic E-state index is -4.43. The molecule has 10 aromatic rings. The highest BCUT2D eigenvalue weighted by atomic mass is 19.4. The third kappa shape index (κ3) is 6.44. The Morgan fingerprint density at radius 1 is 0.561 bits per heavy atom. The molecule has 0 aliphatic rings. The highest BCUT2D eigenvalue weighted by Crippen LogP contribution is 2.33. The van der Waals surface area contributed by atoms with E-state index in [0.29, 0.717) is 24.2 Å². The molecular weight excluding hydrogens is 724 g/mol. The molecule has 0 radical (unpaired) electrons. The van der Waals surface area contributed by atoms with E-state index >= 15 is 0 Å². The Bertz CT molecular complexity index is 3110. The van der Waals surface area contributed by atoms with Crippen LogP contribution in [0.4, 0.5) is 13.2 Å². The molecule has 0 aliphatic carbocycles. The van der Waals surface area contributed by atoms with Crippen molar-refractivity contribution in [3.63, 3.8) is 0 Å². The molecule has 0 atom stereocenters. The fourth-order valence-electron chi connectivity index (χ4n) is 7.84. The summed E-state index contributed by atoms with van der Waals surface area (Å²) in [5, 5.41) is 3.33. The van der Waals surface area contributed by atoms with Crippen molar-refractivity contribution in [2.75, 3.05) is 0 Å². The number of imidazole rings is 4. The highest BCUT2D eigenvalue weighted by Gasteiger charge is 2.34. The largest absolute Gasteiger partial charge is 0.419 e. The maximum atomic E-state index is 13.3. The molecule has 0 spiro atoms. The van der Waals surface area contributed by atoms with Crippen LogP contribution in [0.25, 0.3) is 55.0 Å². The van der Waals surface area contributed by atoms with Gasteiger partial charge < -0.3 is 17.9 Å². The number of hydrogen-bond acceptors (Lipinski definition) is 5. The lowest BCUT2D eigenvalue weighted by Crippen LogP contribution is -2.08. The molecule has 0 unspecified atom stereocenters. The van der Waals surface area contributed by atoms with Gasteiger partial charge in [-0.15, -0.1) is 0 Å². The first-order valence-corrected chi connectivity index (χ1v) is 19.0. The van der Waals surface area contributed by atoms with E-state index in [0.717, 1.165) is 85.6 Å². The second-order valence-electron chi connectivity index (χ2n) is 14.7. The SMILES string of the molecule is Cc1ccc(C(F)(F)F)c2nc(CCc3nc4c5ccccc5ccc4n3C)cn12.Cc1ccc(C)n2cc(CCc3nc4c5cccnc5ccc4n3C)nc12. The van der Waals surface area contributed by atoms with Crippen LogP contribution in [0.15, 0.2) is 104 Å². The predicted octanol–water partition coefficient (Wildman–Crippen LogP) is 9.66. The number of halogens is 3. The molecule has 0 saturated heterocycles. The lowest BCUT2D eigenvalue weighted by atomic mass is 10.1. The van der Waals surface area contributed by atoms with Gasteiger partial charge in [0.1, 0.15) is 22.9 Å². The number of pyridine rings is 3. The smallest absolute Gasteiger partial charge is 0.331 e. The van der Waals surface area contributed by atoms with Crippen LogP contribution in [0.2, 0.25) is 0 Å². The summed E-state index contributed by atoms with van der Waals surface area (Å²) in [5.41, 5.74) is 10.3. The van der Waals surface area contributed by atoms with Crippen molar-refractivity contribution in [2.24, 2.45) is 14.1 Å². The highest BCUT2D eigenvalue weighted by molar-refractivity contribution is 6.04. The van der Waals surface area contributed by atoms with Gasteiger partial charge in [0.05, 0.1) is 44.5 Å². The average Bonchev–Trinajstić information content (AvgIpc) is 3.99. The van der Waals surface area contributed by atoms with Crippen LogP contribution in [0.3, 0.4) is 0 Å². The first-order chi connectivity index (χ1) is 27.4. The second-order valence-corrected chi connectivity index (χ2v) is 14.7. The maximum Gasteiger partial charge on any atom is 0.419 e. The van der Waals surface area contributed by atoms with Crippen LogP contribution < -0.4 is 0 Å². The number of nitrogens with zero attached hydrogens (tertiary/aromatic N) is 9. The van der Waals surface area contributed by atoms with Gasteiger partial charge in [-0.05, 0) is 93.1 Å². The molecule has 0 aliphatic heterocycles. The Morgan fingerprint density at radius 2 is 1.14 bits per heavy atom. The van der Waals surface area contributed by atoms with Crippen molar-refractivity contribution < 1.29 is 13.2 Å². The summed E-state index contributed by atoms with van der Waals surface area (Å²) in [7, 11) is 4.06. The molecule has 0 bridgehead atoms. The molecule has 9 nitrogen and oxygen atoms in total. The van der Waals surface area contributed by atoms with Gasteiger partial charge in [-0.1, -0.05) is 36.4 Å². The van der Waals surface area contributed by atoms with Gasteiger partial charge in [-0.2, -0.15) is 13.2 Å². The van der Waals surface area contributed by atoms with Crippen LogP contribution in [0.1, 0.15) is 45.6 Å². The van der Waals surface area contributed by atoms with E-state index in [2.05, 4.69) is 101 Å². The minimum absolute atomic E-state index is 0.0477. The Morgan fingerprint density at radius 3 is 1.81 bits per heavy atom. The molecule has 0 saturated carbocycles.